The fourth-order valence-electron chi connectivity index (χ4n) is 0.694. The molecule has 1 heterocycles. The van der Waals surface area contributed by atoms with Crippen molar-refractivity contribution in [2.24, 2.45) is 5.10 Å². The van der Waals surface area contributed by atoms with Gasteiger partial charge in [0.2, 0.25) is 0 Å². The summed E-state index contributed by atoms with van der Waals surface area (Å²) < 4.78 is 0. The van der Waals surface area contributed by atoms with Crippen LogP contribution in [0.4, 0.5) is 0 Å². The van der Waals surface area contributed by atoms with E-state index in [4.69, 9.17) is 0 Å². The van der Waals surface area contributed by atoms with Crippen molar-refractivity contribution >= 4 is 5.71 Å². The SMILES string of the molecule is C=C1NN=C(C)C(=C)N1C. The first kappa shape index (κ1) is 6.86. The van der Waals surface area contributed by atoms with E-state index in [1.54, 1.807) is 0 Å². The van der Waals surface area contributed by atoms with Gasteiger partial charge in [-0.1, -0.05) is 13.2 Å². The number of rotatable bonds is 0. The summed E-state index contributed by atoms with van der Waals surface area (Å²) in [5.74, 6) is 0.760. The molecule has 3 heteroatoms. The second-order valence-corrected chi connectivity index (χ2v) is 2.26. The van der Waals surface area contributed by atoms with E-state index in [1.165, 1.54) is 0 Å². The lowest BCUT2D eigenvalue weighted by Crippen LogP contribution is -2.32. The van der Waals surface area contributed by atoms with Crippen LogP contribution in [0.25, 0.3) is 0 Å². The second kappa shape index (κ2) is 2.17. The monoisotopic (exact) mass is 137 g/mol. The molecule has 0 atom stereocenters. The van der Waals surface area contributed by atoms with E-state index >= 15 is 0 Å². The molecule has 0 radical (unpaired) electrons. The van der Waals surface area contributed by atoms with Crippen molar-refractivity contribution in [2.45, 2.75) is 6.92 Å². The van der Waals surface area contributed by atoms with Crippen LogP contribution in [0.1, 0.15) is 6.92 Å². The van der Waals surface area contributed by atoms with Gasteiger partial charge < -0.3 is 4.90 Å². The summed E-state index contributed by atoms with van der Waals surface area (Å²) in [5.41, 5.74) is 4.56. The molecule has 0 fully saturated rings. The van der Waals surface area contributed by atoms with E-state index in [9.17, 15) is 0 Å². The summed E-state index contributed by atoms with van der Waals surface area (Å²) in [6.07, 6.45) is 0. The smallest absolute Gasteiger partial charge is 0.119 e. The highest BCUT2D eigenvalue weighted by atomic mass is 15.4. The van der Waals surface area contributed by atoms with Gasteiger partial charge in [-0.15, -0.1) is 0 Å². The van der Waals surface area contributed by atoms with Crippen LogP contribution >= 0.6 is 0 Å². The average Bonchev–Trinajstić information content (AvgIpc) is 1.93. The molecule has 0 saturated heterocycles. The van der Waals surface area contributed by atoms with Crippen molar-refractivity contribution in [2.75, 3.05) is 7.05 Å². The van der Waals surface area contributed by atoms with Crippen LogP contribution < -0.4 is 5.43 Å². The Balaban J connectivity index is 2.91. The number of hydrogen-bond acceptors (Lipinski definition) is 3. The molecule has 1 rings (SSSR count). The molecule has 0 aromatic carbocycles. The Hall–Kier alpha value is -1.25. The lowest BCUT2D eigenvalue weighted by atomic mass is 10.3. The third-order valence-electron chi connectivity index (χ3n) is 1.58. The van der Waals surface area contributed by atoms with Gasteiger partial charge in [-0.05, 0) is 6.92 Å². The van der Waals surface area contributed by atoms with Crippen LogP contribution in [0.2, 0.25) is 0 Å². The quantitative estimate of drug-likeness (QED) is 0.536. The molecule has 0 saturated carbocycles. The first-order chi connectivity index (χ1) is 4.63. The first-order valence-corrected chi connectivity index (χ1v) is 3.05. The molecule has 0 bridgehead atoms. The Morgan fingerprint density at radius 2 is 2.10 bits per heavy atom. The maximum Gasteiger partial charge on any atom is 0.119 e. The van der Waals surface area contributed by atoms with E-state index in [0.29, 0.717) is 0 Å². The summed E-state index contributed by atoms with van der Waals surface area (Å²) >= 11 is 0. The Bertz CT molecular complexity index is 215. The predicted octanol–water partition coefficient (Wildman–Crippen LogP) is 0.882. The van der Waals surface area contributed by atoms with E-state index in [-0.39, 0.29) is 0 Å². The average molecular weight is 137 g/mol. The van der Waals surface area contributed by atoms with Gasteiger partial charge in [0.1, 0.15) is 5.82 Å². The topological polar surface area (TPSA) is 27.6 Å². The van der Waals surface area contributed by atoms with Crippen molar-refractivity contribution in [1.29, 1.82) is 0 Å². The number of hydrazone groups is 1. The number of nitrogens with zero attached hydrogens (tertiary/aromatic N) is 2. The number of allylic oxidation sites excluding steroid dienone is 1. The normalized spacial score (nSPS) is 18.6. The van der Waals surface area contributed by atoms with Gasteiger partial charge in [-0.25, -0.2) is 0 Å². The lowest BCUT2D eigenvalue weighted by molar-refractivity contribution is 0.480. The van der Waals surface area contributed by atoms with Crippen molar-refractivity contribution in [3.05, 3.63) is 24.7 Å². The van der Waals surface area contributed by atoms with Gasteiger partial charge in [0.25, 0.3) is 0 Å². The third kappa shape index (κ3) is 0.900. The zero-order valence-electron chi connectivity index (χ0n) is 6.31. The molecule has 0 aromatic rings. The van der Waals surface area contributed by atoms with Gasteiger partial charge in [0, 0.05) is 7.05 Å². The molecule has 3 nitrogen and oxygen atoms in total. The summed E-state index contributed by atoms with van der Waals surface area (Å²) in [5, 5.41) is 3.97. The Labute approximate surface area is 60.7 Å². The van der Waals surface area contributed by atoms with Crippen LogP contribution in [0.5, 0.6) is 0 Å². The minimum atomic E-state index is 0.760. The predicted molar refractivity (Wildman–Crippen MR) is 42.3 cm³/mol. The lowest BCUT2D eigenvalue weighted by Gasteiger charge is -2.27. The molecular weight excluding hydrogens is 126 g/mol. The van der Waals surface area contributed by atoms with Crippen molar-refractivity contribution in [3.8, 4) is 0 Å². The van der Waals surface area contributed by atoms with Crippen molar-refractivity contribution in [3.63, 3.8) is 0 Å². The molecule has 1 aliphatic heterocycles. The largest absolute Gasteiger partial charge is 0.329 e. The van der Waals surface area contributed by atoms with Crippen LogP contribution in [0.15, 0.2) is 29.8 Å². The Kier molecular flexibility index (Phi) is 1.49. The second-order valence-electron chi connectivity index (χ2n) is 2.26. The van der Waals surface area contributed by atoms with E-state index in [1.807, 2.05) is 18.9 Å². The highest BCUT2D eigenvalue weighted by Crippen LogP contribution is 2.10. The zero-order chi connectivity index (χ0) is 7.72. The molecule has 10 heavy (non-hydrogen) atoms. The molecule has 0 aromatic heterocycles. The van der Waals surface area contributed by atoms with Gasteiger partial charge in [-0.2, -0.15) is 5.10 Å². The zero-order valence-corrected chi connectivity index (χ0v) is 6.31. The van der Waals surface area contributed by atoms with Gasteiger partial charge in [0.15, 0.2) is 0 Å². The van der Waals surface area contributed by atoms with Gasteiger partial charge in [0.05, 0.1) is 11.4 Å². The van der Waals surface area contributed by atoms with Crippen LogP contribution in [0.3, 0.4) is 0 Å². The molecule has 1 N–H and O–H groups in total. The molecule has 0 spiro atoms. The minimum absolute atomic E-state index is 0.760. The number of hydrogen-bond donors (Lipinski definition) is 1. The molecular formula is C7H11N3. The van der Waals surface area contributed by atoms with Crippen LogP contribution in [0, 0.1) is 0 Å². The molecule has 1 aliphatic rings. The molecule has 0 unspecified atom stereocenters. The minimum Gasteiger partial charge on any atom is -0.329 e. The maximum absolute atomic E-state index is 3.97. The number of nitrogens with one attached hydrogen (secondary N) is 1. The van der Waals surface area contributed by atoms with Crippen molar-refractivity contribution < 1.29 is 0 Å². The highest BCUT2D eigenvalue weighted by molar-refractivity contribution is 5.97. The first-order valence-electron chi connectivity index (χ1n) is 3.05. The van der Waals surface area contributed by atoms with Crippen LogP contribution in [-0.2, 0) is 0 Å². The van der Waals surface area contributed by atoms with E-state index in [0.717, 1.165) is 17.2 Å². The summed E-state index contributed by atoms with van der Waals surface area (Å²) in [7, 11) is 1.90. The van der Waals surface area contributed by atoms with E-state index in [2.05, 4.69) is 23.7 Å². The summed E-state index contributed by atoms with van der Waals surface area (Å²) in [4.78, 5) is 1.86. The fraction of sp³-hybridized carbons (Fsp3) is 0.286. The fourth-order valence-corrected chi connectivity index (χ4v) is 0.694. The Morgan fingerprint density at radius 3 is 2.60 bits per heavy atom. The highest BCUT2D eigenvalue weighted by Gasteiger charge is 2.12. The molecule has 54 valence electrons. The third-order valence-corrected chi connectivity index (χ3v) is 1.58. The van der Waals surface area contributed by atoms with E-state index < -0.39 is 0 Å². The summed E-state index contributed by atoms with van der Waals surface area (Å²) in [6, 6.07) is 0. The van der Waals surface area contributed by atoms with Gasteiger partial charge >= 0.3 is 0 Å². The Morgan fingerprint density at radius 1 is 1.50 bits per heavy atom. The van der Waals surface area contributed by atoms with Crippen LogP contribution in [-0.4, -0.2) is 17.7 Å². The van der Waals surface area contributed by atoms with Crippen molar-refractivity contribution in [1.82, 2.24) is 10.3 Å². The molecule has 0 aliphatic carbocycles. The summed E-state index contributed by atoms with van der Waals surface area (Å²) in [6.45, 7) is 9.45. The maximum atomic E-state index is 3.97. The molecule has 0 amide bonds. The standard InChI is InChI=1S/C7H11N3/c1-5-6(2)10(4)7(3)9-8-5/h9H,2-3H2,1,4H3. The van der Waals surface area contributed by atoms with Gasteiger partial charge in [-0.3, -0.25) is 5.43 Å².